The number of benzene rings is 1. The van der Waals surface area contributed by atoms with Crippen LogP contribution >= 0.6 is 0 Å². The molecular formula is C9H10FeMgO. The Balaban J connectivity index is -0.000000302. The van der Waals surface area contributed by atoms with Crippen molar-refractivity contribution >= 4 is 29.1 Å². The Kier molecular flexibility index (Phi) is 5.67. The predicted octanol–water partition coefficient (Wildman–Crippen LogP) is 1.93. The van der Waals surface area contributed by atoms with Crippen LogP contribution in [0.3, 0.4) is 0 Å². The average molecular weight is 214 g/mol. The van der Waals surface area contributed by atoms with E-state index in [4.69, 9.17) is 4.74 Å². The van der Waals surface area contributed by atoms with Crippen molar-refractivity contribution in [1.82, 2.24) is 0 Å². The number of para-hydroxylation sites is 1. The van der Waals surface area contributed by atoms with Crippen LogP contribution < -0.4 is 4.74 Å². The summed E-state index contributed by atoms with van der Waals surface area (Å²) in [5.74, 6) is 0.991. The Hall–Kier alpha value is 0.0457. The van der Waals surface area contributed by atoms with Crippen LogP contribution in [0.1, 0.15) is 8.42 Å². The first-order chi connectivity index (χ1) is 4.97. The molecule has 0 unspecified atom stereocenters. The molecule has 1 aromatic carbocycles. The van der Waals surface area contributed by atoms with Gasteiger partial charge in [0.2, 0.25) is 0 Å². The molecule has 0 N–H and O–H groups in total. The summed E-state index contributed by atoms with van der Waals surface area (Å²) in [5, 5.41) is 0. The molecule has 0 atom stereocenters. The second-order valence-electron chi connectivity index (χ2n) is 2.25. The number of ether oxygens (including phenoxy) is 1. The van der Waals surface area contributed by atoms with Gasteiger partial charge in [0, 0.05) is 22.6 Å². The molecule has 0 bridgehead atoms. The van der Waals surface area contributed by atoms with E-state index in [0.717, 1.165) is 5.75 Å². The molecule has 3 heteroatoms. The van der Waals surface area contributed by atoms with E-state index in [9.17, 15) is 0 Å². The molecule has 1 aliphatic heterocycles. The van der Waals surface area contributed by atoms with Crippen molar-refractivity contribution in [3.63, 3.8) is 0 Å². The molecule has 1 heterocycles. The van der Waals surface area contributed by atoms with Crippen molar-refractivity contribution in [3.05, 3.63) is 35.9 Å². The van der Waals surface area contributed by atoms with Gasteiger partial charge in [-0.15, -0.1) is 0 Å². The molecule has 0 radical (unpaired) electrons. The summed E-state index contributed by atoms with van der Waals surface area (Å²) in [4.78, 5) is 0. The van der Waals surface area contributed by atoms with E-state index in [-0.39, 0.29) is 43.0 Å². The molecule has 0 spiro atoms. The van der Waals surface area contributed by atoms with Gasteiger partial charge in [0.05, 0.1) is 0 Å². The van der Waals surface area contributed by atoms with Gasteiger partial charge < -0.3 is 7.59 Å². The molecule has 62 valence electrons. The zero-order valence-corrected chi connectivity index (χ0v) is 9.16. The molecule has 0 saturated carbocycles. The van der Waals surface area contributed by atoms with E-state index < -0.39 is 0 Å². The van der Waals surface area contributed by atoms with E-state index in [2.05, 4.69) is 6.08 Å². The van der Waals surface area contributed by atoms with Gasteiger partial charge in [0.25, 0.3) is 0 Å². The summed E-state index contributed by atoms with van der Waals surface area (Å²) >= 11 is 0. The minimum atomic E-state index is 0. The fourth-order valence-corrected chi connectivity index (χ4v) is 1.06. The van der Waals surface area contributed by atoms with Gasteiger partial charge >= 0.3 is 23.1 Å². The molecule has 12 heavy (non-hydrogen) atoms. The molecular weight excluding hydrogens is 204 g/mol. The molecule has 1 nitrogen and oxygen atoms in total. The first-order valence-corrected chi connectivity index (χ1v) is 3.35. The second kappa shape index (κ2) is 5.65. The summed E-state index contributed by atoms with van der Waals surface area (Å²) in [5.41, 5.74) is 1.17. The SMILES string of the molecule is C1=Cc2ccccc2OC1.[Fe].[H-].[H-].[Mg+2]. The van der Waals surface area contributed by atoms with Gasteiger partial charge in [0.15, 0.2) is 0 Å². The zero-order valence-electron chi connectivity index (χ0n) is 8.64. The first kappa shape index (κ1) is 12.0. The van der Waals surface area contributed by atoms with Crippen molar-refractivity contribution in [2.24, 2.45) is 0 Å². The van der Waals surface area contributed by atoms with Gasteiger partial charge in [-0.25, -0.2) is 0 Å². The molecule has 0 fully saturated rings. The van der Waals surface area contributed by atoms with Crippen LogP contribution in [-0.4, -0.2) is 29.7 Å². The normalized spacial score (nSPS) is 11.7. The summed E-state index contributed by atoms with van der Waals surface area (Å²) < 4.78 is 5.34. The zero-order chi connectivity index (χ0) is 6.81. The van der Waals surface area contributed by atoms with Gasteiger partial charge in [-0.2, -0.15) is 0 Å². The monoisotopic (exact) mass is 214 g/mol. The smallest absolute Gasteiger partial charge is 1.00 e. The molecule has 0 aliphatic carbocycles. The van der Waals surface area contributed by atoms with Crippen molar-refractivity contribution in [2.75, 3.05) is 6.61 Å². The van der Waals surface area contributed by atoms with Gasteiger partial charge in [-0.05, 0) is 12.1 Å². The molecule has 0 amide bonds. The first-order valence-electron chi connectivity index (χ1n) is 3.35. The minimum Gasteiger partial charge on any atom is -1.00 e. The molecule has 1 aromatic rings. The number of hydrogen-bond acceptors (Lipinski definition) is 1. The topological polar surface area (TPSA) is 9.23 Å². The largest absolute Gasteiger partial charge is 2.00 e. The van der Waals surface area contributed by atoms with Gasteiger partial charge in [-0.3, -0.25) is 0 Å². The third kappa shape index (κ3) is 2.52. The maximum absolute atomic E-state index is 5.34. The van der Waals surface area contributed by atoms with Gasteiger partial charge in [-0.1, -0.05) is 24.3 Å². The maximum atomic E-state index is 5.34. The number of rotatable bonds is 0. The predicted molar refractivity (Wildman–Crippen MR) is 48.9 cm³/mol. The summed E-state index contributed by atoms with van der Waals surface area (Å²) in [6.07, 6.45) is 4.10. The van der Waals surface area contributed by atoms with E-state index in [1.54, 1.807) is 0 Å². The molecule has 0 saturated heterocycles. The molecule has 1 aliphatic rings. The van der Waals surface area contributed by atoms with E-state index >= 15 is 0 Å². The Morgan fingerprint density at radius 3 is 2.75 bits per heavy atom. The van der Waals surface area contributed by atoms with Gasteiger partial charge in [0.1, 0.15) is 12.4 Å². The minimum absolute atomic E-state index is 0. The molecule has 2 rings (SSSR count). The van der Waals surface area contributed by atoms with E-state index in [0.29, 0.717) is 6.61 Å². The quantitative estimate of drug-likeness (QED) is 0.600. The number of hydrogen-bond donors (Lipinski definition) is 0. The Labute approximate surface area is 102 Å². The summed E-state index contributed by atoms with van der Waals surface area (Å²) in [6.45, 7) is 0.705. The van der Waals surface area contributed by atoms with Crippen LogP contribution in [0.25, 0.3) is 6.08 Å². The van der Waals surface area contributed by atoms with Crippen LogP contribution in [-0.2, 0) is 17.1 Å². The Morgan fingerprint density at radius 2 is 2.00 bits per heavy atom. The van der Waals surface area contributed by atoms with Crippen molar-refractivity contribution in [1.29, 1.82) is 0 Å². The standard InChI is InChI=1S/C9H8O.Fe.Mg.2H/c1-2-6-9-8(4-1)5-3-7-10-9;;;;/h1-6H,7H2;;;;/q;;+2;2*-1. The van der Waals surface area contributed by atoms with Crippen LogP contribution in [0.5, 0.6) is 5.75 Å². The fourth-order valence-electron chi connectivity index (χ4n) is 1.06. The van der Waals surface area contributed by atoms with Crippen LogP contribution in [0.4, 0.5) is 0 Å². The van der Waals surface area contributed by atoms with E-state index in [1.807, 2.05) is 30.3 Å². The van der Waals surface area contributed by atoms with Crippen molar-refractivity contribution in [2.45, 2.75) is 0 Å². The maximum Gasteiger partial charge on any atom is 2.00 e. The Morgan fingerprint density at radius 1 is 1.25 bits per heavy atom. The van der Waals surface area contributed by atoms with Crippen molar-refractivity contribution in [3.8, 4) is 5.75 Å². The molecule has 0 aromatic heterocycles. The van der Waals surface area contributed by atoms with Crippen LogP contribution in [0.15, 0.2) is 30.3 Å². The average Bonchev–Trinajstić information content (AvgIpc) is 2.05. The van der Waals surface area contributed by atoms with Crippen LogP contribution in [0.2, 0.25) is 0 Å². The Bertz CT molecular complexity index is 281. The summed E-state index contributed by atoms with van der Waals surface area (Å²) in [6, 6.07) is 8.03. The van der Waals surface area contributed by atoms with Crippen LogP contribution in [0, 0.1) is 0 Å². The third-order valence-electron chi connectivity index (χ3n) is 1.55. The van der Waals surface area contributed by atoms with E-state index in [1.165, 1.54) is 5.56 Å². The summed E-state index contributed by atoms with van der Waals surface area (Å²) in [7, 11) is 0. The van der Waals surface area contributed by atoms with Crippen molar-refractivity contribution < 1.29 is 24.7 Å². The number of fused-ring (bicyclic) bond motifs is 1. The second-order valence-corrected chi connectivity index (χ2v) is 2.25. The third-order valence-corrected chi connectivity index (χ3v) is 1.55. The fraction of sp³-hybridized carbons (Fsp3) is 0.111.